The van der Waals surface area contributed by atoms with Gasteiger partial charge in [-0.15, -0.1) is 5.10 Å². The van der Waals surface area contributed by atoms with Gasteiger partial charge in [0.2, 0.25) is 0 Å². The first-order valence-electron chi connectivity index (χ1n) is 7.96. The number of carbonyl (C=O) groups is 1. The van der Waals surface area contributed by atoms with Gasteiger partial charge >= 0.3 is 6.09 Å². The molecule has 4 rings (SSSR count). The van der Waals surface area contributed by atoms with Gasteiger partial charge in [-0.2, -0.15) is 4.68 Å². The lowest BCUT2D eigenvalue weighted by Gasteiger charge is -2.16. The average Bonchev–Trinajstić information content (AvgIpc) is 3.35. The third kappa shape index (κ3) is 2.93. The second kappa shape index (κ2) is 6.88. The Balaban J connectivity index is 1.71. The molecule has 1 aliphatic rings. The molecule has 9 nitrogen and oxygen atoms in total. The number of aliphatic hydroxyl groups excluding tert-OH is 1. The first kappa shape index (κ1) is 17.9. The Labute approximate surface area is 155 Å². The predicted octanol–water partition coefficient (Wildman–Crippen LogP) is 1.46. The summed E-state index contributed by atoms with van der Waals surface area (Å²) in [6, 6.07) is 3.43. The number of carbonyl (C=O) groups excluding carboxylic acids is 1. The summed E-state index contributed by atoms with van der Waals surface area (Å²) in [5.74, 6) is -3.70. The Morgan fingerprint density at radius 3 is 2.68 bits per heavy atom. The molecule has 1 fully saturated rings. The van der Waals surface area contributed by atoms with Crippen molar-refractivity contribution in [3.8, 4) is 16.9 Å². The van der Waals surface area contributed by atoms with Crippen molar-refractivity contribution >= 4 is 11.8 Å². The topological polar surface area (TPSA) is 106 Å². The number of benzene rings is 1. The summed E-state index contributed by atoms with van der Waals surface area (Å²) in [5, 5.41) is 19.6. The van der Waals surface area contributed by atoms with Gasteiger partial charge in [0.05, 0.1) is 24.4 Å². The summed E-state index contributed by atoms with van der Waals surface area (Å²) < 4.78 is 49.8. The number of rotatable bonds is 4. The fraction of sp³-hybridized carbons (Fsp3) is 0.188. The van der Waals surface area contributed by atoms with E-state index >= 15 is 0 Å². The number of cyclic esters (lactones) is 1. The van der Waals surface area contributed by atoms with Gasteiger partial charge in [-0.3, -0.25) is 4.90 Å². The van der Waals surface area contributed by atoms with Gasteiger partial charge in [-0.05, 0) is 22.6 Å². The molecular formula is C16H11F3N6O3. The third-order valence-corrected chi connectivity index (χ3v) is 4.13. The Hall–Kier alpha value is -3.54. The van der Waals surface area contributed by atoms with Crippen LogP contribution in [0.1, 0.15) is 0 Å². The van der Waals surface area contributed by atoms with E-state index in [9.17, 15) is 18.0 Å². The smallest absolute Gasteiger partial charge is 0.414 e. The van der Waals surface area contributed by atoms with Crippen molar-refractivity contribution in [2.75, 3.05) is 18.1 Å². The number of nitrogens with zero attached hydrogens (tertiary/aromatic N) is 6. The molecular weight excluding hydrogens is 381 g/mol. The van der Waals surface area contributed by atoms with Crippen LogP contribution in [0.2, 0.25) is 0 Å². The molecule has 0 bridgehead atoms. The SMILES string of the molecule is O=C1O[C@@H](CO)CN1c1cc(F)c(-c2ccc(-n3cnnn3)nc2)c(F)c1F. The lowest BCUT2D eigenvalue weighted by atomic mass is 10.0. The summed E-state index contributed by atoms with van der Waals surface area (Å²) in [4.78, 5) is 16.5. The third-order valence-electron chi connectivity index (χ3n) is 4.13. The van der Waals surface area contributed by atoms with Crippen LogP contribution in [0.15, 0.2) is 30.7 Å². The molecule has 0 radical (unpaired) electrons. The highest BCUT2D eigenvalue weighted by Gasteiger charge is 2.35. The largest absolute Gasteiger partial charge is 0.441 e. The molecule has 144 valence electrons. The van der Waals surface area contributed by atoms with Crippen LogP contribution in [0.5, 0.6) is 0 Å². The number of aromatic nitrogens is 5. The van der Waals surface area contributed by atoms with Gasteiger partial charge in [0.1, 0.15) is 18.2 Å². The minimum Gasteiger partial charge on any atom is -0.441 e. The monoisotopic (exact) mass is 392 g/mol. The van der Waals surface area contributed by atoms with Crippen molar-refractivity contribution in [2.45, 2.75) is 6.10 Å². The summed E-state index contributed by atoms with van der Waals surface area (Å²) in [6.07, 6.45) is 0.522. The van der Waals surface area contributed by atoms with E-state index in [-0.39, 0.29) is 12.1 Å². The van der Waals surface area contributed by atoms with Crippen LogP contribution in [0.3, 0.4) is 0 Å². The number of ether oxygens (including phenoxy) is 1. The fourth-order valence-electron chi connectivity index (χ4n) is 2.79. The number of halogens is 3. The molecule has 3 aromatic rings. The molecule has 1 saturated heterocycles. The molecule has 2 aromatic heterocycles. The van der Waals surface area contributed by atoms with Gasteiger partial charge < -0.3 is 9.84 Å². The number of aliphatic hydroxyl groups is 1. The zero-order valence-electron chi connectivity index (χ0n) is 14.0. The van der Waals surface area contributed by atoms with Gasteiger partial charge in [-0.1, -0.05) is 0 Å². The van der Waals surface area contributed by atoms with Crippen LogP contribution in [-0.4, -0.2) is 55.6 Å². The van der Waals surface area contributed by atoms with Crippen molar-refractivity contribution in [3.05, 3.63) is 48.2 Å². The molecule has 0 spiro atoms. The molecule has 1 aromatic carbocycles. The molecule has 1 atom stereocenters. The molecule has 28 heavy (non-hydrogen) atoms. The Morgan fingerprint density at radius 1 is 1.25 bits per heavy atom. The minimum absolute atomic E-state index is 0.0190. The highest BCUT2D eigenvalue weighted by atomic mass is 19.2. The van der Waals surface area contributed by atoms with Gasteiger partial charge in [0.25, 0.3) is 0 Å². The number of tetrazole rings is 1. The van der Waals surface area contributed by atoms with E-state index in [1.54, 1.807) is 0 Å². The predicted molar refractivity (Wildman–Crippen MR) is 87.0 cm³/mol. The lowest BCUT2D eigenvalue weighted by Crippen LogP contribution is -2.27. The Bertz CT molecular complexity index is 1030. The normalized spacial score (nSPS) is 16.5. The average molecular weight is 392 g/mol. The first-order chi connectivity index (χ1) is 13.5. The molecule has 1 amide bonds. The van der Waals surface area contributed by atoms with E-state index in [4.69, 9.17) is 9.84 Å². The van der Waals surface area contributed by atoms with E-state index in [0.29, 0.717) is 11.9 Å². The van der Waals surface area contributed by atoms with E-state index in [2.05, 4.69) is 20.5 Å². The number of amides is 1. The number of hydrogen-bond acceptors (Lipinski definition) is 7. The molecule has 0 unspecified atom stereocenters. The fourth-order valence-corrected chi connectivity index (χ4v) is 2.79. The van der Waals surface area contributed by atoms with Crippen LogP contribution >= 0.6 is 0 Å². The van der Waals surface area contributed by atoms with Crippen molar-refractivity contribution in [1.82, 2.24) is 25.2 Å². The second-order valence-electron chi connectivity index (χ2n) is 5.84. The molecule has 1 aliphatic heterocycles. The van der Waals surface area contributed by atoms with Gasteiger partial charge in [0, 0.05) is 17.8 Å². The van der Waals surface area contributed by atoms with E-state index < -0.39 is 47.5 Å². The van der Waals surface area contributed by atoms with E-state index in [0.717, 1.165) is 11.1 Å². The highest BCUT2D eigenvalue weighted by Crippen LogP contribution is 2.34. The maximum absolute atomic E-state index is 14.6. The summed E-state index contributed by atoms with van der Waals surface area (Å²) in [7, 11) is 0. The van der Waals surface area contributed by atoms with Crippen LogP contribution in [0.4, 0.5) is 23.7 Å². The molecule has 0 saturated carbocycles. The van der Waals surface area contributed by atoms with Gasteiger partial charge in [-0.25, -0.2) is 22.9 Å². The van der Waals surface area contributed by atoms with Crippen LogP contribution < -0.4 is 4.90 Å². The van der Waals surface area contributed by atoms with Crippen molar-refractivity contribution in [2.24, 2.45) is 0 Å². The van der Waals surface area contributed by atoms with E-state index in [1.165, 1.54) is 23.1 Å². The second-order valence-corrected chi connectivity index (χ2v) is 5.84. The van der Waals surface area contributed by atoms with Crippen LogP contribution in [0.25, 0.3) is 16.9 Å². The summed E-state index contributed by atoms with van der Waals surface area (Å²) in [6.45, 7) is -0.723. The molecule has 12 heteroatoms. The first-order valence-corrected chi connectivity index (χ1v) is 7.96. The highest BCUT2D eigenvalue weighted by molar-refractivity contribution is 5.90. The summed E-state index contributed by atoms with van der Waals surface area (Å²) >= 11 is 0. The standard InChI is InChI=1S/C16H11F3N6O3/c17-10-3-11(24-5-9(6-26)28-16(24)27)14(18)15(19)13(10)8-1-2-12(20-4-8)25-7-21-22-23-25/h1-4,7,9,26H,5-6H2/t9-/m1/s1. The van der Waals surface area contributed by atoms with Crippen LogP contribution in [0, 0.1) is 17.5 Å². The summed E-state index contributed by atoms with van der Waals surface area (Å²) in [5.41, 5.74) is -1.27. The molecule has 0 aliphatic carbocycles. The Kier molecular flexibility index (Phi) is 4.39. The van der Waals surface area contributed by atoms with Crippen LogP contribution in [-0.2, 0) is 4.74 Å². The van der Waals surface area contributed by atoms with Gasteiger partial charge in [0.15, 0.2) is 17.5 Å². The van der Waals surface area contributed by atoms with Crippen molar-refractivity contribution < 1.29 is 27.8 Å². The lowest BCUT2D eigenvalue weighted by molar-refractivity contribution is 0.0963. The molecule has 1 N–H and O–H groups in total. The van der Waals surface area contributed by atoms with E-state index in [1.807, 2.05) is 0 Å². The number of anilines is 1. The maximum Gasteiger partial charge on any atom is 0.414 e. The molecule has 3 heterocycles. The number of hydrogen-bond donors (Lipinski definition) is 1. The Morgan fingerprint density at radius 2 is 2.07 bits per heavy atom. The zero-order chi connectivity index (χ0) is 19.8. The maximum atomic E-state index is 14.6. The van der Waals surface area contributed by atoms with Crippen molar-refractivity contribution in [1.29, 1.82) is 0 Å². The minimum atomic E-state index is -1.48. The zero-order valence-corrected chi connectivity index (χ0v) is 14.0. The number of pyridine rings is 1. The quantitative estimate of drug-likeness (QED) is 0.670. The van der Waals surface area contributed by atoms with Crippen molar-refractivity contribution in [3.63, 3.8) is 0 Å².